The third kappa shape index (κ3) is 2.68. The van der Waals surface area contributed by atoms with Crippen molar-refractivity contribution in [3.8, 4) is 11.5 Å². The Morgan fingerprint density at radius 3 is 2.88 bits per heavy atom. The van der Waals surface area contributed by atoms with Gasteiger partial charge >= 0.3 is 0 Å². The molecule has 0 saturated carbocycles. The molecule has 0 bridgehead atoms. The van der Waals surface area contributed by atoms with Crippen LogP contribution in [0.3, 0.4) is 0 Å². The molecule has 0 unspecified atom stereocenters. The van der Waals surface area contributed by atoms with Gasteiger partial charge in [-0.15, -0.1) is 0 Å². The second-order valence-electron chi connectivity index (χ2n) is 3.99. The molecule has 1 aliphatic heterocycles. The first-order valence-corrected chi connectivity index (χ1v) is 6.22. The lowest BCUT2D eigenvalue weighted by Crippen LogP contribution is -2.16. The Balaban J connectivity index is 2.18. The van der Waals surface area contributed by atoms with Gasteiger partial charge in [0.25, 0.3) is 0 Å². The van der Waals surface area contributed by atoms with E-state index in [-0.39, 0.29) is 6.10 Å². The number of hydrogen-bond donors (Lipinski definition) is 1. The summed E-state index contributed by atoms with van der Waals surface area (Å²) in [7, 11) is 0. The summed E-state index contributed by atoms with van der Waals surface area (Å²) in [4.78, 5) is 0. The van der Waals surface area contributed by atoms with Crippen molar-refractivity contribution >= 4 is 15.9 Å². The van der Waals surface area contributed by atoms with E-state index in [0.29, 0.717) is 13.2 Å². The number of hydrogen-bond acceptors (Lipinski definition) is 3. The van der Waals surface area contributed by atoms with Gasteiger partial charge in [-0.2, -0.15) is 0 Å². The second-order valence-corrected chi connectivity index (χ2v) is 4.84. The van der Waals surface area contributed by atoms with Gasteiger partial charge in [0.15, 0.2) is 11.5 Å². The van der Waals surface area contributed by atoms with Crippen LogP contribution < -0.4 is 9.47 Å². The molecule has 1 aromatic rings. The first-order valence-electron chi connectivity index (χ1n) is 5.43. The van der Waals surface area contributed by atoms with Crippen LogP contribution in [-0.2, 0) is 6.42 Å². The molecule has 0 spiro atoms. The number of benzene rings is 1. The summed E-state index contributed by atoms with van der Waals surface area (Å²) in [6, 6.07) is 4.01. The van der Waals surface area contributed by atoms with Crippen molar-refractivity contribution in [2.75, 3.05) is 13.2 Å². The van der Waals surface area contributed by atoms with Crippen molar-refractivity contribution in [1.82, 2.24) is 0 Å². The Hall–Kier alpha value is -0.740. The van der Waals surface area contributed by atoms with E-state index in [9.17, 15) is 5.11 Å². The van der Waals surface area contributed by atoms with E-state index in [1.807, 2.05) is 12.1 Å². The first-order chi connectivity index (χ1) is 7.66. The van der Waals surface area contributed by atoms with Crippen molar-refractivity contribution in [3.63, 3.8) is 0 Å². The molecule has 0 fully saturated rings. The maximum absolute atomic E-state index is 9.25. The van der Waals surface area contributed by atoms with Crippen molar-refractivity contribution in [2.24, 2.45) is 0 Å². The number of aliphatic hydroxyl groups excluding tert-OH is 1. The third-order valence-corrected chi connectivity index (χ3v) is 3.10. The smallest absolute Gasteiger partial charge is 0.175 e. The summed E-state index contributed by atoms with van der Waals surface area (Å²) < 4.78 is 12.0. The summed E-state index contributed by atoms with van der Waals surface area (Å²) in [5, 5.41) is 9.25. The highest BCUT2D eigenvalue weighted by Crippen LogP contribution is 2.38. The molecule has 1 heterocycles. The number of ether oxygens (including phenoxy) is 2. The maximum Gasteiger partial charge on any atom is 0.175 e. The monoisotopic (exact) mass is 286 g/mol. The molecule has 0 aromatic heterocycles. The SMILES string of the molecule is C[C@H](O)CCc1cc(Br)c2c(c1)OCCO2. The zero-order chi connectivity index (χ0) is 11.5. The van der Waals surface area contributed by atoms with Crippen LogP contribution in [0.1, 0.15) is 18.9 Å². The van der Waals surface area contributed by atoms with Crippen LogP contribution in [0.15, 0.2) is 16.6 Å². The topological polar surface area (TPSA) is 38.7 Å². The third-order valence-electron chi connectivity index (χ3n) is 2.51. The number of aryl methyl sites for hydroxylation is 1. The van der Waals surface area contributed by atoms with Gasteiger partial charge in [0.2, 0.25) is 0 Å². The quantitative estimate of drug-likeness (QED) is 0.928. The first kappa shape index (κ1) is 11.7. The number of rotatable bonds is 3. The molecule has 1 aromatic carbocycles. The number of halogens is 1. The molecule has 1 N–H and O–H groups in total. The minimum absolute atomic E-state index is 0.271. The lowest BCUT2D eigenvalue weighted by Gasteiger charge is -2.20. The molecule has 0 saturated heterocycles. The number of aliphatic hydroxyl groups is 1. The van der Waals surface area contributed by atoms with E-state index in [1.54, 1.807) is 6.92 Å². The molecule has 4 heteroatoms. The lowest BCUT2D eigenvalue weighted by atomic mass is 10.1. The summed E-state index contributed by atoms with van der Waals surface area (Å²) in [6.07, 6.45) is 1.32. The van der Waals surface area contributed by atoms with Crippen molar-refractivity contribution in [3.05, 3.63) is 22.2 Å². The summed E-state index contributed by atoms with van der Waals surface area (Å²) in [5.74, 6) is 1.58. The minimum Gasteiger partial charge on any atom is -0.486 e. The molecule has 3 nitrogen and oxygen atoms in total. The van der Waals surface area contributed by atoms with Crippen LogP contribution in [0.2, 0.25) is 0 Å². The molecule has 88 valence electrons. The van der Waals surface area contributed by atoms with Gasteiger partial charge in [-0.05, 0) is 53.4 Å². The minimum atomic E-state index is -0.271. The summed E-state index contributed by atoms with van der Waals surface area (Å²) in [6.45, 7) is 2.99. The van der Waals surface area contributed by atoms with Gasteiger partial charge in [-0.1, -0.05) is 0 Å². The van der Waals surface area contributed by atoms with Gasteiger partial charge < -0.3 is 14.6 Å². The van der Waals surface area contributed by atoms with Gasteiger partial charge in [-0.25, -0.2) is 0 Å². The Kier molecular flexibility index (Phi) is 3.71. The second kappa shape index (κ2) is 5.06. The van der Waals surface area contributed by atoms with Crippen LogP contribution in [0, 0.1) is 0 Å². The molecule has 2 rings (SSSR count). The largest absolute Gasteiger partial charge is 0.486 e. The number of fused-ring (bicyclic) bond motifs is 1. The molecule has 0 radical (unpaired) electrons. The molecular formula is C12H15BrO3. The van der Waals surface area contributed by atoms with Gasteiger partial charge in [0.05, 0.1) is 10.6 Å². The fourth-order valence-electron chi connectivity index (χ4n) is 1.68. The van der Waals surface area contributed by atoms with E-state index in [2.05, 4.69) is 15.9 Å². The highest BCUT2D eigenvalue weighted by Gasteiger charge is 2.16. The Morgan fingerprint density at radius 1 is 1.38 bits per heavy atom. The van der Waals surface area contributed by atoms with E-state index in [0.717, 1.165) is 34.4 Å². The molecule has 0 amide bonds. The highest BCUT2D eigenvalue weighted by atomic mass is 79.9. The van der Waals surface area contributed by atoms with Crippen LogP contribution >= 0.6 is 15.9 Å². The standard InChI is InChI=1S/C12H15BrO3/c1-8(14)2-3-9-6-10(13)12-11(7-9)15-4-5-16-12/h6-8,14H,2-5H2,1H3/t8-/m0/s1. The van der Waals surface area contributed by atoms with Gasteiger partial charge in [-0.3, -0.25) is 0 Å². The molecular weight excluding hydrogens is 272 g/mol. The van der Waals surface area contributed by atoms with E-state index >= 15 is 0 Å². The lowest BCUT2D eigenvalue weighted by molar-refractivity contribution is 0.169. The summed E-state index contributed by atoms with van der Waals surface area (Å²) in [5.41, 5.74) is 1.15. The Labute approximate surface area is 104 Å². The van der Waals surface area contributed by atoms with Crippen LogP contribution in [0.5, 0.6) is 11.5 Å². The van der Waals surface area contributed by atoms with E-state index in [4.69, 9.17) is 9.47 Å². The highest BCUT2D eigenvalue weighted by molar-refractivity contribution is 9.10. The van der Waals surface area contributed by atoms with E-state index < -0.39 is 0 Å². The Morgan fingerprint density at radius 2 is 2.12 bits per heavy atom. The zero-order valence-corrected chi connectivity index (χ0v) is 10.8. The average Bonchev–Trinajstić information content (AvgIpc) is 2.26. The molecule has 0 aliphatic carbocycles. The van der Waals surface area contributed by atoms with Crippen LogP contribution in [-0.4, -0.2) is 24.4 Å². The maximum atomic E-state index is 9.25. The zero-order valence-electron chi connectivity index (χ0n) is 9.20. The summed E-state index contributed by atoms with van der Waals surface area (Å²) >= 11 is 3.47. The molecule has 1 atom stereocenters. The fraction of sp³-hybridized carbons (Fsp3) is 0.500. The predicted octanol–water partition coefficient (Wildman–Crippen LogP) is 2.53. The predicted molar refractivity (Wildman–Crippen MR) is 65.1 cm³/mol. The molecule has 16 heavy (non-hydrogen) atoms. The fourth-order valence-corrected chi connectivity index (χ4v) is 2.29. The van der Waals surface area contributed by atoms with Crippen LogP contribution in [0.4, 0.5) is 0 Å². The average molecular weight is 287 g/mol. The van der Waals surface area contributed by atoms with Crippen molar-refractivity contribution in [2.45, 2.75) is 25.9 Å². The van der Waals surface area contributed by atoms with Crippen molar-refractivity contribution in [1.29, 1.82) is 0 Å². The Bertz CT molecular complexity index is 377. The normalized spacial score (nSPS) is 15.9. The van der Waals surface area contributed by atoms with Gasteiger partial charge in [0, 0.05) is 0 Å². The van der Waals surface area contributed by atoms with Gasteiger partial charge in [0.1, 0.15) is 13.2 Å². The van der Waals surface area contributed by atoms with Crippen LogP contribution in [0.25, 0.3) is 0 Å². The van der Waals surface area contributed by atoms with Crippen molar-refractivity contribution < 1.29 is 14.6 Å². The van der Waals surface area contributed by atoms with E-state index in [1.165, 1.54) is 0 Å². The molecule has 1 aliphatic rings.